The van der Waals surface area contributed by atoms with Crippen LogP contribution in [0.2, 0.25) is 0 Å². The highest BCUT2D eigenvalue weighted by Crippen LogP contribution is 2.37. The standard InChI is InChI=1S/C24H33N7O3S2/c1-16-21-17(35-23(27-21)25-14-19(32)30-5-3-4-6-30)13-18-22(16)28-24(36-18)26-15-20(33)31-9-7-29(8-10-31)11-12-34-2/h13H,3-12,14-15H2,1-2H3,(H,25,27)(H,26,28). The molecule has 0 bridgehead atoms. The zero-order valence-corrected chi connectivity index (χ0v) is 22.5. The van der Waals surface area contributed by atoms with Gasteiger partial charge in [-0.2, -0.15) is 0 Å². The minimum Gasteiger partial charge on any atom is -0.383 e. The van der Waals surface area contributed by atoms with Crippen LogP contribution in [0.5, 0.6) is 0 Å². The lowest BCUT2D eigenvalue weighted by atomic mass is 10.2. The Bertz CT molecular complexity index is 1230. The Hall–Kier alpha value is -2.54. The number of carbonyl (C=O) groups excluding carboxylic acids is 2. The molecule has 0 radical (unpaired) electrons. The van der Waals surface area contributed by atoms with Crippen molar-refractivity contribution >= 4 is 65.2 Å². The lowest BCUT2D eigenvalue weighted by Crippen LogP contribution is -2.50. The Morgan fingerprint density at radius 3 is 1.94 bits per heavy atom. The second-order valence-corrected chi connectivity index (χ2v) is 11.3. The second-order valence-electron chi connectivity index (χ2n) is 9.24. The Morgan fingerprint density at radius 1 is 0.889 bits per heavy atom. The van der Waals surface area contributed by atoms with Crippen LogP contribution in [0.4, 0.5) is 10.3 Å². The summed E-state index contributed by atoms with van der Waals surface area (Å²) < 4.78 is 7.27. The van der Waals surface area contributed by atoms with Gasteiger partial charge in [0.05, 0.1) is 40.1 Å². The molecule has 0 aliphatic carbocycles. The van der Waals surface area contributed by atoms with Crippen LogP contribution < -0.4 is 10.6 Å². The smallest absolute Gasteiger partial charge is 0.242 e. The summed E-state index contributed by atoms with van der Waals surface area (Å²) in [6.07, 6.45) is 2.18. The normalized spacial score (nSPS) is 16.8. The number of anilines is 2. The fourth-order valence-electron chi connectivity index (χ4n) is 4.71. The molecule has 4 heterocycles. The van der Waals surface area contributed by atoms with Crippen LogP contribution in [0.15, 0.2) is 6.07 Å². The molecule has 0 spiro atoms. The van der Waals surface area contributed by atoms with Crippen LogP contribution >= 0.6 is 22.7 Å². The predicted molar refractivity (Wildman–Crippen MR) is 145 cm³/mol. The average molecular weight is 532 g/mol. The van der Waals surface area contributed by atoms with E-state index in [2.05, 4.69) is 21.6 Å². The molecule has 0 saturated carbocycles. The van der Waals surface area contributed by atoms with E-state index in [9.17, 15) is 9.59 Å². The van der Waals surface area contributed by atoms with E-state index in [1.807, 2.05) is 16.7 Å². The zero-order valence-electron chi connectivity index (χ0n) is 20.8. The van der Waals surface area contributed by atoms with Crippen molar-refractivity contribution in [1.82, 2.24) is 24.7 Å². The molecular weight excluding hydrogens is 498 g/mol. The Labute approximate surface area is 218 Å². The number of nitrogens with zero attached hydrogens (tertiary/aromatic N) is 5. The molecule has 0 atom stereocenters. The van der Waals surface area contributed by atoms with Gasteiger partial charge in [-0.3, -0.25) is 14.5 Å². The monoisotopic (exact) mass is 531 g/mol. The van der Waals surface area contributed by atoms with Gasteiger partial charge in [-0.1, -0.05) is 22.7 Å². The molecule has 2 amide bonds. The second kappa shape index (κ2) is 11.2. The molecule has 10 nitrogen and oxygen atoms in total. The summed E-state index contributed by atoms with van der Waals surface area (Å²) in [5.41, 5.74) is 2.82. The number of carbonyl (C=O) groups is 2. The van der Waals surface area contributed by atoms with Gasteiger partial charge in [0.2, 0.25) is 11.8 Å². The molecule has 0 unspecified atom stereocenters. The molecule has 194 valence electrons. The lowest BCUT2D eigenvalue weighted by Gasteiger charge is -2.34. The summed E-state index contributed by atoms with van der Waals surface area (Å²) in [7, 11) is 1.71. The van der Waals surface area contributed by atoms with Crippen LogP contribution in [0.3, 0.4) is 0 Å². The number of hydrogen-bond acceptors (Lipinski definition) is 10. The summed E-state index contributed by atoms with van der Waals surface area (Å²) >= 11 is 3.11. The molecule has 2 aliphatic heterocycles. The third kappa shape index (κ3) is 5.56. The minimum absolute atomic E-state index is 0.0965. The molecule has 2 aromatic heterocycles. The highest BCUT2D eigenvalue weighted by molar-refractivity contribution is 7.24. The third-order valence-corrected chi connectivity index (χ3v) is 8.78. The van der Waals surface area contributed by atoms with Crippen LogP contribution in [-0.2, 0) is 14.3 Å². The van der Waals surface area contributed by atoms with E-state index < -0.39 is 0 Å². The maximum atomic E-state index is 12.7. The number of rotatable bonds is 9. The number of aromatic nitrogens is 2. The predicted octanol–water partition coefficient (Wildman–Crippen LogP) is 2.45. The van der Waals surface area contributed by atoms with Gasteiger partial charge in [-0.25, -0.2) is 9.97 Å². The molecule has 5 rings (SSSR count). The molecular formula is C24H33N7O3S2. The number of piperazine rings is 1. The molecule has 2 N–H and O–H groups in total. The third-order valence-electron chi connectivity index (χ3n) is 6.86. The summed E-state index contributed by atoms with van der Waals surface area (Å²) in [5, 5.41) is 7.94. The van der Waals surface area contributed by atoms with Crippen LogP contribution in [-0.4, -0.2) is 109 Å². The number of methoxy groups -OCH3 is 1. The first-order valence-corrected chi connectivity index (χ1v) is 14.1. The van der Waals surface area contributed by atoms with Gasteiger partial charge >= 0.3 is 0 Å². The van der Waals surface area contributed by atoms with Gasteiger partial charge < -0.3 is 25.2 Å². The van der Waals surface area contributed by atoms with Gasteiger partial charge in [0, 0.05) is 58.5 Å². The van der Waals surface area contributed by atoms with Crippen molar-refractivity contribution in [3.8, 4) is 0 Å². The van der Waals surface area contributed by atoms with Gasteiger partial charge in [-0.05, 0) is 25.8 Å². The topological polar surface area (TPSA) is 103 Å². The fourth-order valence-corrected chi connectivity index (χ4v) is 6.71. The first-order valence-electron chi connectivity index (χ1n) is 12.5. The molecule has 2 aliphatic rings. The minimum atomic E-state index is 0.0965. The number of fused-ring (bicyclic) bond motifs is 2. The van der Waals surface area contributed by atoms with Crippen molar-refractivity contribution in [2.75, 3.05) is 83.3 Å². The van der Waals surface area contributed by atoms with Crippen LogP contribution in [0.1, 0.15) is 18.4 Å². The maximum Gasteiger partial charge on any atom is 0.242 e. The average Bonchev–Trinajstić information content (AvgIpc) is 3.65. The highest BCUT2D eigenvalue weighted by Gasteiger charge is 2.22. The van der Waals surface area contributed by atoms with Crippen molar-refractivity contribution in [3.63, 3.8) is 0 Å². The van der Waals surface area contributed by atoms with E-state index >= 15 is 0 Å². The molecule has 36 heavy (non-hydrogen) atoms. The van der Waals surface area contributed by atoms with Gasteiger partial charge in [-0.15, -0.1) is 0 Å². The van der Waals surface area contributed by atoms with E-state index in [1.165, 1.54) is 0 Å². The van der Waals surface area contributed by atoms with Crippen LogP contribution in [0, 0.1) is 6.92 Å². The number of likely N-dealkylation sites (tertiary alicyclic amines) is 1. The van der Waals surface area contributed by atoms with Gasteiger partial charge in [0.15, 0.2) is 10.3 Å². The van der Waals surface area contributed by atoms with Crippen LogP contribution in [0.25, 0.3) is 20.4 Å². The first-order chi connectivity index (χ1) is 17.5. The van der Waals surface area contributed by atoms with Crippen molar-refractivity contribution < 1.29 is 14.3 Å². The molecule has 2 fully saturated rings. The SMILES string of the molecule is COCCN1CCN(C(=O)CNc2nc3c(C)c4nc(NCC(=O)N5CCCC5)sc4cc3s2)CC1. The molecule has 2 saturated heterocycles. The largest absolute Gasteiger partial charge is 0.383 e. The summed E-state index contributed by atoms with van der Waals surface area (Å²) in [6.45, 7) is 9.11. The van der Waals surface area contributed by atoms with E-state index in [0.29, 0.717) is 0 Å². The molecule has 3 aromatic rings. The quantitative estimate of drug-likeness (QED) is 0.434. The summed E-state index contributed by atoms with van der Waals surface area (Å²) in [5.74, 6) is 0.226. The first kappa shape index (κ1) is 25.1. The number of benzene rings is 1. The maximum absolute atomic E-state index is 12.7. The fraction of sp³-hybridized carbons (Fsp3) is 0.583. The van der Waals surface area contributed by atoms with E-state index in [4.69, 9.17) is 14.7 Å². The van der Waals surface area contributed by atoms with Crippen molar-refractivity contribution in [2.45, 2.75) is 19.8 Å². The van der Waals surface area contributed by atoms with E-state index in [-0.39, 0.29) is 24.9 Å². The van der Waals surface area contributed by atoms with Crippen molar-refractivity contribution in [3.05, 3.63) is 11.6 Å². The molecule has 12 heteroatoms. The Balaban J connectivity index is 1.18. The summed E-state index contributed by atoms with van der Waals surface area (Å²) in [6, 6.07) is 2.10. The number of ether oxygens (including phenoxy) is 1. The van der Waals surface area contributed by atoms with Crippen molar-refractivity contribution in [2.24, 2.45) is 0 Å². The highest BCUT2D eigenvalue weighted by atomic mass is 32.1. The van der Waals surface area contributed by atoms with Crippen molar-refractivity contribution in [1.29, 1.82) is 0 Å². The van der Waals surface area contributed by atoms with E-state index in [1.54, 1.807) is 29.8 Å². The van der Waals surface area contributed by atoms with Gasteiger partial charge in [0.25, 0.3) is 0 Å². The number of thiazole rings is 2. The Kier molecular flexibility index (Phi) is 7.85. The Morgan fingerprint density at radius 2 is 1.42 bits per heavy atom. The van der Waals surface area contributed by atoms with E-state index in [0.717, 1.165) is 102 Å². The zero-order chi connectivity index (χ0) is 25.1. The van der Waals surface area contributed by atoms with Gasteiger partial charge in [0.1, 0.15) is 0 Å². The molecule has 1 aromatic carbocycles. The number of amides is 2. The number of hydrogen-bond donors (Lipinski definition) is 2. The number of aryl methyl sites for hydroxylation is 1. The number of nitrogens with one attached hydrogen (secondary N) is 2. The summed E-state index contributed by atoms with van der Waals surface area (Å²) in [4.78, 5) is 40.7. The lowest BCUT2D eigenvalue weighted by molar-refractivity contribution is -0.131.